The summed E-state index contributed by atoms with van der Waals surface area (Å²) in [5.41, 5.74) is 1.56. The molecule has 170 valence electrons. The lowest BCUT2D eigenvalue weighted by molar-refractivity contribution is -0.141. The second kappa shape index (κ2) is 9.76. The molecular weight excluding hydrogens is 403 g/mol. The van der Waals surface area contributed by atoms with Gasteiger partial charge in [0.05, 0.1) is 24.3 Å². The second-order valence-corrected chi connectivity index (χ2v) is 8.10. The van der Waals surface area contributed by atoms with Crippen molar-refractivity contribution in [2.75, 3.05) is 20.7 Å². The van der Waals surface area contributed by atoms with Gasteiger partial charge in [-0.1, -0.05) is 0 Å². The molecule has 3 rings (SSSR count). The first-order chi connectivity index (χ1) is 14.8. The maximum atomic E-state index is 13.5. The lowest BCUT2D eigenvalue weighted by Crippen LogP contribution is -2.58. The Labute approximate surface area is 181 Å². The third-order valence-electron chi connectivity index (χ3n) is 6.18. The van der Waals surface area contributed by atoms with Crippen LogP contribution in [-0.2, 0) is 20.7 Å². The highest BCUT2D eigenvalue weighted by molar-refractivity contribution is 5.90. The molecular formula is C22H31FN4O4. The third-order valence-corrected chi connectivity index (χ3v) is 6.18. The van der Waals surface area contributed by atoms with Gasteiger partial charge in [0.2, 0.25) is 11.8 Å². The van der Waals surface area contributed by atoms with E-state index in [4.69, 9.17) is 4.74 Å². The Morgan fingerprint density at radius 2 is 2.13 bits per heavy atom. The van der Waals surface area contributed by atoms with Gasteiger partial charge in [-0.3, -0.25) is 9.59 Å². The number of aliphatic hydroxyl groups is 1. The summed E-state index contributed by atoms with van der Waals surface area (Å²) in [6.07, 6.45) is 1.40. The minimum Gasteiger partial charge on any atom is -0.391 e. The van der Waals surface area contributed by atoms with Gasteiger partial charge in [-0.05, 0) is 57.5 Å². The number of aromatic nitrogens is 1. The quantitative estimate of drug-likeness (QED) is 0.495. The summed E-state index contributed by atoms with van der Waals surface area (Å²) in [4.78, 5) is 30.5. The highest BCUT2D eigenvalue weighted by Gasteiger charge is 2.41. The van der Waals surface area contributed by atoms with E-state index in [0.29, 0.717) is 24.9 Å². The predicted octanol–water partition coefficient (Wildman–Crippen LogP) is 0.939. The average molecular weight is 435 g/mol. The molecule has 1 saturated heterocycles. The molecule has 4 N–H and O–H groups in total. The van der Waals surface area contributed by atoms with Crippen LogP contribution >= 0.6 is 0 Å². The number of carbonyl (C=O) groups is 2. The van der Waals surface area contributed by atoms with E-state index in [2.05, 4.69) is 15.6 Å². The number of carbonyl (C=O) groups excluding carboxylic acids is 2. The van der Waals surface area contributed by atoms with E-state index in [9.17, 15) is 19.1 Å². The molecule has 2 heterocycles. The first-order valence-corrected chi connectivity index (χ1v) is 10.5. The van der Waals surface area contributed by atoms with Crippen LogP contribution < -0.4 is 10.6 Å². The van der Waals surface area contributed by atoms with Gasteiger partial charge in [-0.25, -0.2) is 4.39 Å². The van der Waals surface area contributed by atoms with E-state index in [0.717, 1.165) is 10.9 Å². The van der Waals surface area contributed by atoms with Gasteiger partial charge < -0.3 is 30.4 Å². The maximum Gasteiger partial charge on any atom is 0.248 e. The summed E-state index contributed by atoms with van der Waals surface area (Å²) in [7, 11) is 3.15. The monoisotopic (exact) mass is 434 g/mol. The van der Waals surface area contributed by atoms with Gasteiger partial charge in [-0.2, -0.15) is 0 Å². The van der Waals surface area contributed by atoms with Crippen LogP contribution in [0, 0.1) is 5.82 Å². The molecule has 0 saturated carbocycles. The van der Waals surface area contributed by atoms with Crippen molar-refractivity contribution in [3.63, 3.8) is 0 Å². The Balaban J connectivity index is 1.82. The second-order valence-electron chi connectivity index (χ2n) is 8.10. The van der Waals surface area contributed by atoms with Crippen molar-refractivity contribution in [3.8, 4) is 0 Å². The molecule has 1 aliphatic rings. The van der Waals surface area contributed by atoms with Gasteiger partial charge in [0.25, 0.3) is 0 Å². The fraction of sp³-hybridized carbons (Fsp3) is 0.545. The Morgan fingerprint density at radius 3 is 2.81 bits per heavy atom. The number of amides is 2. The van der Waals surface area contributed by atoms with E-state index in [1.54, 1.807) is 38.1 Å². The molecule has 8 nitrogen and oxygen atoms in total. The molecule has 2 unspecified atom stereocenters. The molecule has 9 heteroatoms. The van der Waals surface area contributed by atoms with E-state index in [-0.39, 0.29) is 17.6 Å². The molecule has 0 radical (unpaired) electrons. The van der Waals surface area contributed by atoms with Crippen molar-refractivity contribution in [3.05, 3.63) is 35.8 Å². The fourth-order valence-corrected chi connectivity index (χ4v) is 4.01. The Bertz CT molecular complexity index is 933. The maximum absolute atomic E-state index is 13.5. The zero-order valence-electron chi connectivity index (χ0n) is 18.3. The normalized spacial score (nSPS) is 21.8. The fourth-order valence-electron chi connectivity index (χ4n) is 4.01. The first kappa shape index (κ1) is 23.2. The minimum absolute atomic E-state index is 0.293. The van der Waals surface area contributed by atoms with Crippen molar-refractivity contribution in [1.82, 2.24) is 20.5 Å². The molecule has 0 aliphatic carbocycles. The molecule has 0 spiro atoms. The van der Waals surface area contributed by atoms with Crippen molar-refractivity contribution in [1.29, 1.82) is 0 Å². The molecule has 1 aromatic heterocycles. The number of likely N-dealkylation sites (N-methyl/N-ethyl adjacent to an activating group) is 1. The van der Waals surface area contributed by atoms with Crippen LogP contribution in [0.15, 0.2) is 24.4 Å². The van der Waals surface area contributed by atoms with E-state index in [1.165, 1.54) is 19.2 Å². The number of nitrogens with one attached hydrogen (secondary N) is 3. The average Bonchev–Trinajstić information content (AvgIpc) is 3.33. The number of methoxy groups -OCH3 is 1. The number of aromatic amines is 1. The molecule has 5 atom stereocenters. The SMILES string of the molecule is CN[C@@H](C)C(=O)N[C@H](C(=O)N1CCC(O)[C@@H]1Cc1c[nH]c2cc(F)ccc12)C(C)OC. The number of benzene rings is 1. The molecule has 2 aromatic rings. The van der Waals surface area contributed by atoms with Crippen LogP contribution in [0.1, 0.15) is 25.8 Å². The van der Waals surface area contributed by atoms with Gasteiger partial charge in [0.1, 0.15) is 11.9 Å². The van der Waals surface area contributed by atoms with Crippen LogP contribution in [0.25, 0.3) is 10.9 Å². The number of rotatable bonds is 8. The van der Waals surface area contributed by atoms with Crippen LogP contribution in [0.5, 0.6) is 0 Å². The lowest BCUT2D eigenvalue weighted by atomic mass is 10.0. The highest BCUT2D eigenvalue weighted by Crippen LogP contribution is 2.27. The van der Waals surface area contributed by atoms with E-state index >= 15 is 0 Å². The highest BCUT2D eigenvalue weighted by atomic mass is 19.1. The van der Waals surface area contributed by atoms with Crippen molar-refractivity contribution < 1.29 is 23.8 Å². The number of ether oxygens (including phenoxy) is 1. The number of hydrogen-bond donors (Lipinski definition) is 4. The van der Waals surface area contributed by atoms with Crippen LogP contribution in [0.4, 0.5) is 4.39 Å². The zero-order valence-corrected chi connectivity index (χ0v) is 18.3. The number of fused-ring (bicyclic) bond motifs is 1. The van der Waals surface area contributed by atoms with Crippen LogP contribution in [0.2, 0.25) is 0 Å². The topological polar surface area (TPSA) is 107 Å². The van der Waals surface area contributed by atoms with Gasteiger partial charge in [0.15, 0.2) is 0 Å². The molecule has 1 aromatic carbocycles. The predicted molar refractivity (Wildman–Crippen MR) is 115 cm³/mol. The number of halogens is 1. The molecule has 1 aliphatic heterocycles. The first-order valence-electron chi connectivity index (χ1n) is 10.5. The molecule has 0 bridgehead atoms. The zero-order chi connectivity index (χ0) is 22.7. The van der Waals surface area contributed by atoms with Gasteiger partial charge >= 0.3 is 0 Å². The number of aliphatic hydroxyl groups excluding tert-OH is 1. The van der Waals surface area contributed by atoms with Crippen LogP contribution in [-0.4, -0.2) is 77.8 Å². The van der Waals surface area contributed by atoms with Crippen molar-refractivity contribution in [2.24, 2.45) is 0 Å². The largest absolute Gasteiger partial charge is 0.391 e. The van der Waals surface area contributed by atoms with E-state index < -0.39 is 30.3 Å². The number of nitrogens with zero attached hydrogens (tertiary/aromatic N) is 1. The van der Waals surface area contributed by atoms with Crippen molar-refractivity contribution >= 4 is 22.7 Å². The standard InChI is InChI=1S/C22H31FN4O4/c1-12(24-3)21(29)26-20(13(2)31-4)22(30)27-8-7-19(28)18(27)9-14-11-25-17-10-15(23)5-6-16(14)17/h5-6,10-13,18-20,24-25,28H,7-9H2,1-4H3,(H,26,29)/t12-,13?,18-,19?,20-/m0/s1. The summed E-state index contributed by atoms with van der Waals surface area (Å²) in [6, 6.07) is 2.70. The molecule has 1 fully saturated rings. The van der Waals surface area contributed by atoms with Gasteiger partial charge in [-0.15, -0.1) is 0 Å². The minimum atomic E-state index is -0.877. The third kappa shape index (κ3) is 4.89. The Hall–Kier alpha value is -2.49. The number of hydrogen-bond acceptors (Lipinski definition) is 5. The lowest BCUT2D eigenvalue weighted by Gasteiger charge is -2.32. The van der Waals surface area contributed by atoms with Gasteiger partial charge in [0, 0.05) is 30.8 Å². The summed E-state index contributed by atoms with van der Waals surface area (Å²) in [5, 5.41) is 17.1. The van der Waals surface area contributed by atoms with Crippen LogP contribution in [0.3, 0.4) is 0 Å². The van der Waals surface area contributed by atoms with E-state index in [1.807, 2.05) is 0 Å². The summed E-state index contributed by atoms with van der Waals surface area (Å²) in [6.45, 7) is 3.81. The summed E-state index contributed by atoms with van der Waals surface area (Å²) < 4.78 is 18.9. The Morgan fingerprint density at radius 1 is 1.39 bits per heavy atom. The number of H-pyrrole nitrogens is 1. The molecule has 31 heavy (non-hydrogen) atoms. The smallest absolute Gasteiger partial charge is 0.248 e. The number of likely N-dealkylation sites (tertiary alicyclic amines) is 1. The Kier molecular flexibility index (Phi) is 7.30. The summed E-state index contributed by atoms with van der Waals surface area (Å²) in [5.74, 6) is -0.931. The summed E-state index contributed by atoms with van der Waals surface area (Å²) >= 11 is 0. The van der Waals surface area contributed by atoms with Crippen molar-refractivity contribution in [2.45, 2.75) is 57.0 Å². The molecule has 2 amide bonds.